The number of amides is 1. The summed E-state index contributed by atoms with van der Waals surface area (Å²) in [7, 11) is 4.08. The number of nitrogens with zero attached hydrogens (tertiary/aromatic N) is 4. The zero-order valence-corrected chi connectivity index (χ0v) is 18.7. The van der Waals surface area contributed by atoms with Crippen molar-refractivity contribution in [3.63, 3.8) is 0 Å². The highest BCUT2D eigenvalue weighted by Gasteiger charge is 2.55. The Labute approximate surface area is 184 Å². The normalized spacial score (nSPS) is 30.9. The van der Waals surface area contributed by atoms with Crippen LogP contribution in [0.15, 0.2) is 30.3 Å². The molecule has 0 saturated heterocycles. The van der Waals surface area contributed by atoms with E-state index in [1.165, 1.54) is 19.3 Å². The van der Waals surface area contributed by atoms with E-state index in [-0.39, 0.29) is 5.41 Å². The van der Waals surface area contributed by atoms with E-state index in [4.69, 9.17) is 9.97 Å². The van der Waals surface area contributed by atoms with Gasteiger partial charge in [0.1, 0.15) is 5.82 Å². The number of carbonyl (C=O) groups is 1. The monoisotopic (exact) mass is 416 g/mol. The van der Waals surface area contributed by atoms with E-state index in [1.54, 1.807) is 0 Å². The quantitative estimate of drug-likeness (QED) is 0.748. The van der Waals surface area contributed by atoms with E-state index in [0.29, 0.717) is 12.5 Å². The molecular formula is C26H32N4O. The number of benzene rings is 1. The molecule has 4 saturated carbocycles. The zero-order chi connectivity index (χ0) is 21.2. The number of aromatic nitrogens is 2. The van der Waals surface area contributed by atoms with Crippen LogP contribution in [0.2, 0.25) is 0 Å². The summed E-state index contributed by atoms with van der Waals surface area (Å²) in [5, 5.41) is 0. The molecule has 162 valence electrons. The lowest BCUT2D eigenvalue weighted by atomic mass is 9.49. The third kappa shape index (κ3) is 3.16. The molecule has 1 aliphatic heterocycles. The highest BCUT2D eigenvalue weighted by atomic mass is 16.2. The minimum Gasteiger partial charge on any atom is -0.362 e. The van der Waals surface area contributed by atoms with Gasteiger partial charge in [-0.05, 0) is 56.3 Å². The number of hydrogen-bond donors (Lipinski definition) is 0. The Hall–Kier alpha value is -2.43. The van der Waals surface area contributed by atoms with Crippen molar-refractivity contribution >= 4 is 11.7 Å². The maximum absolute atomic E-state index is 13.9. The van der Waals surface area contributed by atoms with Gasteiger partial charge in [-0.3, -0.25) is 4.79 Å². The van der Waals surface area contributed by atoms with Gasteiger partial charge in [-0.15, -0.1) is 0 Å². The summed E-state index contributed by atoms with van der Waals surface area (Å²) in [6.07, 6.45) is 8.32. The number of carbonyl (C=O) groups excluding carboxylic acids is 1. The fourth-order valence-corrected chi connectivity index (χ4v) is 7.36. The second-order valence-electron chi connectivity index (χ2n) is 10.7. The Balaban J connectivity index is 1.31. The first kappa shape index (κ1) is 19.3. The fraction of sp³-hybridized carbons (Fsp3) is 0.577. The standard InChI is InChI=1S/C26H32N4O/c1-29(2)24-21-16-30(9-8-22(21)27-23(28-24)20-6-4-3-5-7-20)25(31)26-13-17-10-18(14-26)12-19(11-17)15-26/h3-7,17-19H,8-16H2,1-2H3. The average Bonchev–Trinajstić information content (AvgIpc) is 2.77. The molecule has 1 aromatic heterocycles. The van der Waals surface area contributed by atoms with Crippen LogP contribution in [0, 0.1) is 23.2 Å². The van der Waals surface area contributed by atoms with Crippen molar-refractivity contribution in [1.82, 2.24) is 14.9 Å². The molecule has 2 aromatic rings. The molecule has 0 atom stereocenters. The smallest absolute Gasteiger partial charge is 0.229 e. The Morgan fingerprint density at radius 2 is 1.65 bits per heavy atom. The van der Waals surface area contributed by atoms with Crippen molar-refractivity contribution in [2.24, 2.45) is 23.2 Å². The molecule has 5 heteroatoms. The summed E-state index contributed by atoms with van der Waals surface area (Å²) in [6.45, 7) is 1.43. The molecule has 0 radical (unpaired) electrons. The van der Waals surface area contributed by atoms with Gasteiger partial charge in [0.2, 0.25) is 5.91 Å². The van der Waals surface area contributed by atoms with E-state index in [1.807, 2.05) is 32.3 Å². The summed E-state index contributed by atoms with van der Waals surface area (Å²) in [4.78, 5) is 28.0. The van der Waals surface area contributed by atoms with Crippen molar-refractivity contribution in [2.45, 2.75) is 51.5 Å². The van der Waals surface area contributed by atoms with Crippen molar-refractivity contribution in [3.8, 4) is 11.4 Å². The maximum Gasteiger partial charge on any atom is 0.229 e. The molecule has 1 aromatic carbocycles. The van der Waals surface area contributed by atoms with Crippen LogP contribution in [0.1, 0.15) is 49.8 Å². The Morgan fingerprint density at radius 1 is 1.00 bits per heavy atom. The van der Waals surface area contributed by atoms with Gasteiger partial charge in [0.25, 0.3) is 0 Å². The van der Waals surface area contributed by atoms with Gasteiger partial charge >= 0.3 is 0 Å². The van der Waals surface area contributed by atoms with E-state index in [2.05, 4.69) is 21.9 Å². The molecule has 0 unspecified atom stereocenters. The Bertz CT molecular complexity index is 980. The zero-order valence-electron chi connectivity index (χ0n) is 18.7. The Morgan fingerprint density at radius 3 is 2.26 bits per heavy atom. The van der Waals surface area contributed by atoms with Crippen molar-refractivity contribution in [2.75, 3.05) is 25.5 Å². The third-order valence-corrected chi connectivity index (χ3v) is 8.27. The predicted molar refractivity (Wildman–Crippen MR) is 122 cm³/mol. The van der Waals surface area contributed by atoms with Gasteiger partial charge in [-0.1, -0.05) is 30.3 Å². The molecule has 0 N–H and O–H groups in total. The molecular weight excluding hydrogens is 384 g/mol. The van der Waals surface area contributed by atoms with Crippen LogP contribution in [0.3, 0.4) is 0 Å². The molecule has 5 nitrogen and oxygen atoms in total. The summed E-state index contributed by atoms with van der Waals surface area (Å²) < 4.78 is 0. The lowest BCUT2D eigenvalue weighted by molar-refractivity contribution is -0.158. The first-order chi connectivity index (χ1) is 15.0. The minimum absolute atomic E-state index is 0.0740. The highest BCUT2D eigenvalue weighted by molar-refractivity contribution is 5.84. The molecule has 2 heterocycles. The minimum atomic E-state index is -0.0740. The summed E-state index contributed by atoms with van der Waals surface area (Å²) in [5.74, 6) is 4.54. The van der Waals surface area contributed by atoms with E-state index in [0.717, 1.165) is 78.4 Å². The van der Waals surface area contributed by atoms with Crippen molar-refractivity contribution < 1.29 is 4.79 Å². The fourth-order valence-electron chi connectivity index (χ4n) is 7.36. The van der Waals surface area contributed by atoms with Crippen LogP contribution < -0.4 is 4.90 Å². The van der Waals surface area contributed by atoms with E-state index in [9.17, 15) is 4.79 Å². The van der Waals surface area contributed by atoms with E-state index >= 15 is 0 Å². The molecule has 1 amide bonds. The van der Waals surface area contributed by atoms with E-state index < -0.39 is 0 Å². The lowest BCUT2D eigenvalue weighted by Crippen LogP contribution is -2.55. The van der Waals surface area contributed by atoms with Gasteiger partial charge < -0.3 is 9.80 Å². The first-order valence-electron chi connectivity index (χ1n) is 11.9. The van der Waals surface area contributed by atoms with Crippen LogP contribution in [-0.2, 0) is 17.8 Å². The molecule has 0 spiro atoms. The molecule has 7 rings (SSSR count). The largest absolute Gasteiger partial charge is 0.362 e. The van der Waals surface area contributed by atoms with Crippen molar-refractivity contribution in [3.05, 3.63) is 41.6 Å². The number of rotatable bonds is 3. The Kier molecular flexibility index (Phi) is 4.38. The molecule has 4 fully saturated rings. The van der Waals surface area contributed by atoms with Gasteiger partial charge in [-0.2, -0.15) is 0 Å². The SMILES string of the molecule is CN(C)c1nc(-c2ccccc2)nc2c1CN(C(=O)C13CC4CC(CC(C4)C1)C3)CC2. The van der Waals surface area contributed by atoms with Crippen molar-refractivity contribution in [1.29, 1.82) is 0 Å². The number of fused-ring (bicyclic) bond motifs is 1. The van der Waals surface area contributed by atoms with Gasteiger partial charge in [-0.25, -0.2) is 9.97 Å². The molecule has 5 aliphatic rings. The van der Waals surface area contributed by atoms with Crippen LogP contribution in [0.25, 0.3) is 11.4 Å². The highest BCUT2D eigenvalue weighted by Crippen LogP contribution is 2.60. The summed E-state index contributed by atoms with van der Waals surface area (Å²) in [6, 6.07) is 10.2. The maximum atomic E-state index is 13.9. The second kappa shape index (κ2) is 7.04. The topological polar surface area (TPSA) is 49.3 Å². The summed E-state index contributed by atoms with van der Waals surface area (Å²) >= 11 is 0. The molecule has 31 heavy (non-hydrogen) atoms. The molecule has 4 aliphatic carbocycles. The summed E-state index contributed by atoms with van der Waals surface area (Å²) in [5.41, 5.74) is 3.21. The second-order valence-corrected chi connectivity index (χ2v) is 10.7. The van der Waals surface area contributed by atoms with Gasteiger partial charge in [0.05, 0.1) is 17.7 Å². The van der Waals surface area contributed by atoms with Crippen LogP contribution in [0.5, 0.6) is 0 Å². The molecule has 4 bridgehead atoms. The third-order valence-electron chi connectivity index (χ3n) is 8.27. The predicted octanol–water partition coefficient (Wildman–Crippen LogP) is 4.31. The number of hydrogen-bond acceptors (Lipinski definition) is 4. The van der Waals surface area contributed by atoms with Crippen LogP contribution in [-0.4, -0.2) is 41.4 Å². The van der Waals surface area contributed by atoms with Crippen LogP contribution in [0.4, 0.5) is 5.82 Å². The van der Waals surface area contributed by atoms with Gasteiger partial charge in [0, 0.05) is 38.2 Å². The average molecular weight is 417 g/mol. The lowest BCUT2D eigenvalue weighted by Gasteiger charge is -2.56. The van der Waals surface area contributed by atoms with Gasteiger partial charge in [0.15, 0.2) is 5.82 Å². The first-order valence-corrected chi connectivity index (χ1v) is 11.9. The number of anilines is 1. The van der Waals surface area contributed by atoms with Crippen LogP contribution >= 0.6 is 0 Å².